The Bertz CT molecular complexity index is 409. The predicted octanol–water partition coefficient (Wildman–Crippen LogP) is 2.06. The van der Waals surface area contributed by atoms with Gasteiger partial charge in [0.1, 0.15) is 5.60 Å². The summed E-state index contributed by atoms with van der Waals surface area (Å²) in [7, 11) is 1.75. The molecule has 19 heavy (non-hydrogen) atoms. The first-order chi connectivity index (χ1) is 9.04. The van der Waals surface area contributed by atoms with E-state index in [-0.39, 0.29) is 5.60 Å². The van der Waals surface area contributed by atoms with E-state index in [0.717, 1.165) is 37.8 Å². The Morgan fingerprint density at radius 3 is 2.95 bits per heavy atom. The summed E-state index contributed by atoms with van der Waals surface area (Å²) in [5.41, 5.74) is 0.833. The highest BCUT2D eigenvalue weighted by Gasteiger charge is 2.35. The Morgan fingerprint density at radius 2 is 2.37 bits per heavy atom. The Balaban J connectivity index is 2.02. The molecule has 0 saturated carbocycles. The molecule has 2 rings (SSSR count). The largest absolute Gasteiger partial charge is 0.378 e. The number of nitrogens with zero attached hydrogens (tertiary/aromatic N) is 2. The van der Waals surface area contributed by atoms with Gasteiger partial charge in [-0.1, -0.05) is 13.8 Å². The van der Waals surface area contributed by atoms with Crippen LogP contribution in [0.2, 0.25) is 0 Å². The highest BCUT2D eigenvalue weighted by molar-refractivity contribution is 5.29. The number of hydrogen-bond acceptors (Lipinski definition) is 4. The first-order valence-electron chi connectivity index (χ1n) is 6.95. The Morgan fingerprint density at radius 1 is 1.58 bits per heavy atom. The topological polar surface area (TPSA) is 48.3 Å². The summed E-state index contributed by atoms with van der Waals surface area (Å²) in [6.07, 6.45) is 3.02. The highest BCUT2D eigenvalue weighted by atomic mass is 16.5. The quantitative estimate of drug-likeness (QED) is 0.857. The van der Waals surface area contributed by atoms with E-state index in [1.165, 1.54) is 0 Å². The summed E-state index contributed by atoms with van der Waals surface area (Å²) < 4.78 is 13.3. The van der Waals surface area contributed by atoms with Crippen LogP contribution in [0.1, 0.15) is 26.0 Å². The van der Waals surface area contributed by atoms with Crippen LogP contribution in [-0.4, -0.2) is 42.0 Å². The molecule has 1 N–H and O–H groups in total. The second kappa shape index (κ2) is 5.92. The van der Waals surface area contributed by atoms with Gasteiger partial charge in [-0.3, -0.25) is 0 Å². The van der Waals surface area contributed by atoms with Gasteiger partial charge in [0.05, 0.1) is 12.3 Å². The van der Waals surface area contributed by atoms with E-state index in [2.05, 4.69) is 34.9 Å². The number of methoxy groups -OCH3 is 1. The van der Waals surface area contributed by atoms with Crippen LogP contribution in [0.15, 0.2) is 6.20 Å². The number of hydrogen-bond donors (Lipinski definition) is 1. The maximum atomic E-state index is 5.62. The van der Waals surface area contributed by atoms with Gasteiger partial charge in [0.15, 0.2) is 0 Å². The fraction of sp³-hybridized carbons (Fsp3) is 0.786. The molecule has 1 atom stereocenters. The Hall–Kier alpha value is -1.07. The van der Waals surface area contributed by atoms with E-state index >= 15 is 0 Å². The van der Waals surface area contributed by atoms with Gasteiger partial charge in [-0.2, -0.15) is 0 Å². The molecule has 2 heterocycles. The van der Waals surface area contributed by atoms with Crippen LogP contribution in [0, 0.1) is 12.8 Å². The second-order valence-electron chi connectivity index (χ2n) is 5.80. The summed E-state index contributed by atoms with van der Waals surface area (Å²) in [5, 5.41) is 3.42. The van der Waals surface area contributed by atoms with E-state index in [0.29, 0.717) is 12.5 Å². The van der Waals surface area contributed by atoms with Crippen molar-refractivity contribution in [2.75, 3.05) is 32.2 Å². The lowest BCUT2D eigenvalue weighted by molar-refractivity contribution is -0.00635. The third-order valence-corrected chi connectivity index (χ3v) is 3.53. The van der Waals surface area contributed by atoms with E-state index in [4.69, 9.17) is 9.47 Å². The number of imidazole rings is 1. The first kappa shape index (κ1) is 14.3. The number of rotatable bonds is 6. The lowest BCUT2D eigenvalue weighted by atomic mass is 10.0. The molecule has 108 valence electrons. The van der Waals surface area contributed by atoms with Crippen LogP contribution in [-0.2, 0) is 16.0 Å². The van der Waals surface area contributed by atoms with Crippen molar-refractivity contribution in [2.45, 2.75) is 39.3 Å². The Kier molecular flexibility index (Phi) is 4.47. The maximum Gasteiger partial charge on any atom is 0.203 e. The molecule has 5 nitrogen and oxygen atoms in total. The number of aryl methyl sites for hydroxylation is 1. The lowest BCUT2D eigenvalue weighted by Crippen LogP contribution is -2.40. The second-order valence-corrected chi connectivity index (χ2v) is 5.80. The number of ether oxygens (including phenoxy) is 2. The van der Waals surface area contributed by atoms with Gasteiger partial charge < -0.3 is 19.4 Å². The lowest BCUT2D eigenvalue weighted by Gasteiger charge is -2.26. The fourth-order valence-electron chi connectivity index (χ4n) is 2.42. The molecule has 0 spiro atoms. The molecule has 0 aliphatic carbocycles. The van der Waals surface area contributed by atoms with Crippen LogP contribution < -0.4 is 5.32 Å². The van der Waals surface area contributed by atoms with Crippen molar-refractivity contribution in [2.24, 2.45) is 5.92 Å². The molecule has 1 saturated heterocycles. The minimum atomic E-state index is -0.206. The molecule has 0 bridgehead atoms. The molecule has 1 unspecified atom stereocenters. The molecule has 1 aromatic heterocycles. The summed E-state index contributed by atoms with van der Waals surface area (Å²) in [4.78, 5) is 4.55. The molecular weight excluding hydrogens is 242 g/mol. The minimum absolute atomic E-state index is 0.206. The molecule has 0 amide bonds. The summed E-state index contributed by atoms with van der Waals surface area (Å²) in [5.74, 6) is 1.52. The van der Waals surface area contributed by atoms with Crippen molar-refractivity contribution >= 4 is 5.95 Å². The van der Waals surface area contributed by atoms with E-state index in [1.54, 1.807) is 7.11 Å². The zero-order chi connectivity index (χ0) is 13.9. The summed E-state index contributed by atoms with van der Waals surface area (Å²) >= 11 is 0. The van der Waals surface area contributed by atoms with E-state index < -0.39 is 0 Å². The van der Waals surface area contributed by atoms with Crippen molar-refractivity contribution in [1.29, 1.82) is 0 Å². The molecule has 1 fully saturated rings. The van der Waals surface area contributed by atoms with Gasteiger partial charge in [0, 0.05) is 39.4 Å². The van der Waals surface area contributed by atoms with Crippen molar-refractivity contribution in [3.63, 3.8) is 0 Å². The van der Waals surface area contributed by atoms with Gasteiger partial charge >= 0.3 is 0 Å². The standard InChI is InChI=1S/C14H25N3O2/c1-11(2)7-17-8-12(3)16-13(17)15-9-14(18-4)5-6-19-10-14/h8,11H,5-7,9-10H2,1-4H3,(H,15,16). The van der Waals surface area contributed by atoms with Crippen LogP contribution in [0.4, 0.5) is 5.95 Å². The SMILES string of the molecule is COC1(CNc2nc(C)cn2CC(C)C)CCOC1. The number of nitrogens with one attached hydrogen (secondary N) is 1. The number of anilines is 1. The molecule has 5 heteroatoms. The van der Waals surface area contributed by atoms with Gasteiger partial charge in [-0.25, -0.2) is 4.98 Å². The zero-order valence-corrected chi connectivity index (χ0v) is 12.4. The average Bonchev–Trinajstić information content (AvgIpc) is 2.94. The van der Waals surface area contributed by atoms with Crippen LogP contribution >= 0.6 is 0 Å². The third-order valence-electron chi connectivity index (χ3n) is 3.53. The van der Waals surface area contributed by atoms with Crippen molar-refractivity contribution in [3.8, 4) is 0 Å². The number of aromatic nitrogens is 2. The van der Waals surface area contributed by atoms with Crippen molar-refractivity contribution < 1.29 is 9.47 Å². The van der Waals surface area contributed by atoms with E-state index in [9.17, 15) is 0 Å². The zero-order valence-electron chi connectivity index (χ0n) is 12.4. The van der Waals surface area contributed by atoms with Gasteiger partial charge in [-0.15, -0.1) is 0 Å². The summed E-state index contributed by atoms with van der Waals surface area (Å²) in [6, 6.07) is 0. The fourth-order valence-corrected chi connectivity index (χ4v) is 2.42. The van der Waals surface area contributed by atoms with Crippen LogP contribution in [0.3, 0.4) is 0 Å². The third kappa shape index (κ3) is 3.48. The molecule has 1 aromatic rings. The first-order valence-corrected chi connectivity index (χ1v) is 6.95. The van der Waals surface area contributed by atoms with Gasteiger partial charge in [0.25, 0.3) is 0 Å². The van der Waals surface area contributed by atoms with Gasteiger partial charge in [0.2, 0.25) is 5.95 Å². The maximum absolute atomic E-state index is 5.62. The highest BCUT2D eigenvalue weighted by Crippen LogP contribution is 2.23. The Labute approximate surface area is 115 Å². The van der Waals surface area contributed by atoms with Crippen molar-refractivity contribution in [1.82, 2.24) is 9.55 Å². The van der Waals surface area contributed by atoms with Crippen LogP contribution in [0.25, 0.3) is 0 Å². The minimum Gasteiger partial charge on any atom is -0.378 e. The van der Waals surface area contributed by atoms with E-state index in [1.807, 2.05) is 6.92 Å². The van der Waals surface area contributed by atoms with Crippen LogP contribution in [0.5, 0.6) is 0 Å². The molecular formula is C14H25N3O2. The van der Waals surface area contributed by atoms with Gasteiger partial charge in [-0.05, 0) is 12.8 Å². The molecule has 0 aromatic carbocycles. The molecule has 0 radical (unpaired) electrons. The molecule has 1 aliphatic rings. The predicted molar refractivity (Wildman–Crippen MR) is 75.5 cm³/mol. The summed E-state index contributed by atoms with van der Waals surface area (Å²) in [6.45, 7) is 9.57. The normalized spacial score (nSPS) is 23.2. The smallest absolute Gasteiger partial charge is 0.203 e. The van der Waals surface area contributed by atoms with Crippen molar-refractivity contribution in [3.05, 3.63) is 11.9 Å². The average molecular weight is 267 g/mol. The monoisotopic (exact) mass is 267 g/mol. The molecule has 1 aliphatic heterocycles.